The molecule has 1 aromatic heterocycles. The number of amides is 1. The third-order valence-electron chi connectivity index (χ3n) is 3.34. The number of carbonyl (C=O) groups excluding carboxylic acids is 1. The van der Waals surface area contributed by atoms with Crippen molar-refractivity contribution in [1.82, 2.24) is 4.98 Å². The summed E-state index contributed by atoms with van der Waals surface area (Å²) in [5.41, 5.74) is 11.2. The van der Waals surface area contributed by atoms with E-state index in [0.29, 0.717) is 0 Å². The molecule has 5 heteroatoms. The topological polar surface area (TPSA) is 94.4 Å². The van der Waals surface area contributed by atoms with E-state index in [0.717, 1.165) is 5.69 Å². The van der Waals surface area contributed by atoms with E-state index < -0.39 is 0 Å². The Morgan fingerprint density at radius 3 is 2.65 bits per heavy atom. The molecule has 0 saturated heterocycles. The largest absolute Gasteiger partial charge is 0.370 e. The summed E-state index contributed by atoms with van der Waals surface area (Å²) in [5, 5.41) is 0. The van der Waals surface area contributed by atoms with E-state index in [1.807, 2.05) is 32.0 Å². The molecule has 5 nitrogen and oxygen atoms in total. The predicted octanol–water partition coefficient (Wildman–Crippen LogP) is 0.621. The Labute approximate surface area is 99.9 Å². The molecule has 0 bridgehead atoms. The molecule has 0 spiro atoms. The number of aromatic nitrogens is 1. The number of nitrogens with two attached hydrogens (primary N) is 2. The predicted molar refractivity (Wildman–Crippen MR) is 65.1 cm³/mol. The normalized spacial score (nSPS) is 25.1. The molecular weight excluding hydrogens is 216 g/mol. The first kappa shape index (κ1) is 11.6. The van der Waals surface area contributed by atoms with Gasteiger partial charge in [-0.25, -0.2) is 0 Å². The lowest BCUT2D eigenvalue weighted by Crippen LogP contribution is -2.25. The highest BCUT2D eigenvalue weighted by molar-refractivity contribution is 5.95. The van der Waals surface area contributed by atoms with Gasteiger partial charge in [-0.1, -0.05) is 19.9 Å². The fraction of sp³-hybridized carbons (Fsp3) is 0.417. The number of hydrogen-bond acceptors (Lipinski definition) is 2. The Balaban J connectivity index is 2.23. The first-order valence-corrected chi connectivity index (χ1v) is 5.49. The summed E-state index contributed by atoms with van der Waals surface area (Å²) in [5.74, 6) is -0.526. The van der Waals surface area contributed by atoms with Crippen LogP contribution in [0.4, 0.5) is 0 Å². The summed E-state index contributed by atoms with van der Waals surface area (Å²) < 4.78 is 0. The highest BCUT2D eigenvalue weighted by Crippen LogP contribution is 2.64. The van der Waals surface area contributed by atoms with Crippen LogP contribution in [0.5, 0.6) is 0 Å². The van der Waals surface area contributed by atoms with Gasteiger partial charge in [0, 0.05) is 17.8 Å². The maximum absolute atomic E-state index is 11.8. The van der Waals surface area contributed by atoms with Crippen molar-refractivity contribution in [3.05, 3.63) is 30.1 Å². The Kier molecular flexibility index (Phi) is 2.61. The lowest BCUT2D eigenvalue weighted by atomic mass is 10.1. The molecule has 2 rings (SSSR count). The zero-order valence-corrected chi connectivity index (χ0v) is 9.92. The zero-order valence-electron chi connectivity index (χ0n) is 9.92. The van der Waals surface area contributed by atoms with Crippen molar-refractivity contribution in [1.29, 1.82) is 0 Å². The molecule has 1 aliphatic rings. The van der Waals surface area contributed by atoms with Crippen LogP contribution < -0.4 is 11.5 Å². The Morgan fingerprint density at radius 2 is 2.12 bits per heavy atom. The summed E-state index contributed by atoms with van der Waals surface area (Å²) in [6.45, 7) is 4.05. The fourth-order valence-corrected chi connectivity index (χ4v) is 2.41. The second kappa shape index (κ2) is 3.84. The number of aliphatic imine (C=N–C) groups is 1. The van der Waals surface area contributed by atoms with Gasteiger partial charge in [-0.05, 0) is 17.5 Å². The molecule has 2 atom stereocenters. The van der Waals surface area contributed by atoms with E-state index in [-0.39, 0.29) is 29.1 Å². The molecular formula is C12H16N4O. The van der Waals surface area contributed by atoms with Crippen molar-refractivity contribution in [2.24, 2.45) is 27.8 Å². The van der Waals surface area contributed by atoms with Crippen molar-refractivity contribution >= 4 is 11.9 Å². The van der Waals surface area contributed by atoms with Crippen LogP contribution in [0.25, 0.3) is 0 Å². The van der Waals surface area contributed by atoms with Crippen molar-refractivity contribution in [3.8, 4) is 0 Å². The van der Waals surface area contributed by atoms with Gasteiger partial charge in [0.05, 0.1) is 5.92 Å². The second-order valence-corrected chi connectivity index (χ2v) is 4.91. The number of rotatable bonds is 2. The van der Waals surface area contributed by atoms with Gasteiger partial charge in [-0.2, -0.15) is 4.99 Å². The number of carbonyl (C=O) groups is 1. The van der Waals surface area contributed by atoms with Gasteiger partial charge >= 0.3 is 0 Å². The van der Waals surface area contributed by atoms with Crippen LogP contribution in [0.2, 0.25) is 0 Å². The number of nitrogens with zero attached hydrogens (tertiary/aromatic N) is 2. The van der Waals surface area contributed by atoms with E-state index in [4.69, 9.17) is 11.5 Å². The molecule has 1 amide bonds. The van der Waals surface area contributed by atoms with Crippen LogP contribution in [-0.4, -0.2) is 16.9 Å². The van der Waals surface area contributed by atoms with Crippen molar-refractivity contribution < 1.29 is 4.79 Å². The minimum absolute atomic E-state index is 0.0966. The molecule has 1 aliphatic carbocycles. The first-order chi connectivity index (χ1) is 7.94. The van der Waals surface area contributed by atoms with Gasteiger partial charge < -0.3 is 11.5 Å². The molecule has 1 fully saturated rings. The standard InChI is InChI=1S/C12H16N4O/c1-12(2)8(7-5-3-4-6-15-7)9(12)10(17)16-11(13)14/h3-6,8-9H,1-2H3,(H4,13,14,16,17)/t8-,9+/m1/s1. The fourth-order valence-electron chi connectivity index (χ4n) is 2.41. The second-order valence-electron chi connectivity index (χ2n) is 4.91. The van der Waals surface area contributed by atoms with E-state index in [2.05, 4.69) is 9.98 Å². The van der Waals surface area contributed by atoms with E-state index in [1.165, 1.54) is 0 Å². The molecule has 90 valence electrons. The molecule has 1 aromatic rings. The molecule has 0 radical (unpaired) electrons. The van der Waals surface area contributed by atoms with Crippen LogP contribution >= 0.6 is 0 Å². The highest BCUT2D eigenvalue weighted by Gasteiger charge is 2.63. The average molecular weight is 232 g/mol. The molecule has 1 heterocycles. The van der Waals surface area contributed by atoms with Gasteiger partial charge in [-0.3, -0.25) is 9.78 Å². The summed E-state index contributed by atoms with van der Waals surface area (Å²) in [4.78, 5) is 19.7. The van der Waals surface area contributed by atoms with Crippen molar-refractivity contribution in [3.63, 3.8) is 0 Å². The smallest absolute Gasteiger partial charge is 0.253 e. The SMILES string of the molecule is CC1(C)[C@H](C(=O)N=C(N)N)[C@H]1c1ccccn1. The number of guanidine groups is 1. The third kappa shape index (κ3) is 2.00. The van der Waals surface area contributed by atoms with Crippen LogP contribution in [0, 0.1) is 11.3 Å². The summed E-state index contributed by atoms with van der Waals surface area (Å²) in [6.07, 6.45) is 1.73. The van der Waals surface area contributed by atoms with Crippen LogP contribution in [-0.2, 0) is 4.79 Å². The summed E-state index contributed by atoms with van der Waals surface area (Å²) in [7, 11) is 0. The minimum atomic E-state index is -0.259. The van der Waals surface area contributed by atoms with Crippen LogP contribution in [0.1, 0.15) is 25.5 Å². The van der Waals surface area contributed by atoms with Crippen molar-refractivity contribution in [2.45, 2.75) is 19.8 Å². The van der Waals surface area contributed by atoms with E-state index in [1.54, 1.807) is 6.20 Å². The maximum Gasteiger partial charge on any atom is 0.253 e. The van der Waals surface area contributed by atoms with Gasteiger partial charge in [0.1, 0.15) is 0 Å². The molecule has 0 unspecified atom stereocenters. The lowest BCUT2D eigenvalue weighted by molar-refractivity contribution is -0.119. The Bertz CT molecular complexity index is 463. The first-order valence-electron chi connectivity index (χ1n) is 5.49. The monoisotopic (exact) mass is 232 g/mol. The van der Waals surface area contributed by atoms with Gasteiger partial charge in [0.2, 0.25) is 0 Å². The quantitative estimate of drug-likeness (QED) is 0.577. The molecule has 0 aromatic carbocycles. The van der Waals surface area contributed by atoms with Gasteiger partial charge in [0.25, 0.3) is 5.91 Å². The summed E-state index contributed by atoms with van der Waals surface area (Å²) >= 11 is 0. The van der Waals surface area contributed by atoms with Crippen molar-refractivity contribution in [2.75, 3.05) is 0 Å². The highest BCUT2D eigenvalue weighted by atomic mass is 16.1. The molecule has 1 saturated carbocycles. The molecule has 17 heavy (non-hydrogen) atoms. The Hall–Kier alpha value is -1.91. The number of pyridine rings is 1. The summed E-state index contributed by atoms with van der Waals surface area (Å²) in [6, 6.07) is 5.69. The van der Waals surface area contributed by atoms with E-state index >= 15 is 0 Å². The zero-order chi connectivity index (χ0) is 12.6. The Morgan fingerprint density at radius 1 is 1.41 bits per heavy atom. The van der Waals surface area contributed by atoms with Crippen LogP contribution in [0.3, 0.4) is 0 Å². The third-order valence-corrected chi connectivity index (χ3v) is 3.34. The maximum atomic E-state index is 11.8. The van der Waals surface area contributed by atoms with Gasteiger partial charge in [-0.15, -0.1) is 0 Å². The van der Waals surface area contributed by atoms with Crippen LogP contribution in [0.15, 0.2) is 29.4 Å². The van der Waals surface area contributed by atoms with Gasteiger partial charge in [0.15, 0.2) is 5.96 Å². The lowest BCUT2D eigenvalue weighted by Gasteiger charge is -2.00. The minimum Gasteiger partial charge on any atom is -0.370 e. The van der Waals surface area contributed by atoms with E-state index in [9.17, 15) is 4.79 Å². The molecule has 4 N–H and O–H groups in total. The number of hydrogen-bond donors (Lipinski definition) is 2. The molecule has 0 aliphatic heterocycles. The average Bonchev–Trinajstić information content (AvgIpc) is 2.82.